The summed E-state index contributed by atoms with van der Waals surface area (Å²) in [5, 5.41) is 69.8. The van der Waals surface area contributed by atoms with Crippen LogP contribution in [0.3, 0.4) is 0 Å². The standard InChI is InChI=1S/C23H24O11/c24-7-17-19(30)20(31)22-23(33-17)32-16-6-10(18(29)8-1-2-12(25)13(26)3-8)9-4-14(27)15(28)5-11(9)21(16)34-22/h1-5,10,16-17,19-28,30-31H,6-7H2. The smallest absolute Gasteiger partial charge is 0.187 e. The van der Waals surface area contributed by atoms with E-state index >= 15 is 0 Å². The van der Waals surface area contributed by atoms with Gasteiger partial charge in [0.25, 0.3) is 0 Å². The maximum Gasteiger partial charge on any atom is 0.187 e. The molecule has 2 saturated heterocycles. The second kappa shape index (κ2) is 8.38. The van der Waals surface area contributed by atoms with Gasteiger partial charge < -0.3 is 50.0 Å². The van der Waals surface area contributed by atoms with E-state index in [4.69, 9.17) is 14.2 Å². The van der Waals surface area contributed by atoms with Crippen LogP contribution in [-0.4, -0.2) is 84.9 Å². The van der Waals surface area contributed by atoms with E-state index in [1.165, 1.54) is 24.3 Å². The van der Waals surface area contributed by atoms with Crippen molar-refractivity contribution in [2.45, 2.75) is 55.3 Å². The van der Waals surface area contributed by atoms with Crippen molar-refractivity contribution in [1.82, 2.24) is 0 Å². The lowest BCUT2D eigenvalue weighted by Gasteiger charge is -2.51. The minimum Gasteiger partial charge on any atom is -0.504 e. The van der Waals surface area contributed by atoms with E-state index in [1.807, 2.05) is 0 Å². The Morgan fingerprint density at radius 1 is 0.853 bits per heavy atom. The Morgan fingerprint density at radius 2 is 1.53 bits per heavy atom. The number of aromatic hydroxyl groups is 4. The topological polar surface area (TPSA) is 186 Å². The Morgan fingerprint density at radius 3 is 2.21 bits per heavy atom. The van der Waals surface area contributed by atoms with Crippen LogP contribution in [-0.2, 0) is 14.2 Å². The van der Waals surface area contributed by atoms with Crippen LogP contribution in [0, 0.1) is 0 Å². The van der Waals surface area contributed by atoms with Crippen molar-refractivity contribution < 1.29 is 54.8 Å². The Bertz CT molecular complexity index is 1120. The van der Waals surface area contributed by atoms with Crippen molar-refractivity contribution in [1.29, 1.82) is 0 Å². The highest BCUT2D eigenvalue weighted by Crippen LogP contribution is 2.50. The predicted octanol–water partition coefficient (Wildman–Crippen LogP) is 0.143. The molecule has 182 valence electrons. The van der Waals surface area contributed by atoms with E-state index in [9.17, 15) is 40.5 Å². The van der Waals surface area contributed by atoms with Crippen LogP contribution in [0.15, 0.2) is 30.3 Å². The Hall–Kier alpha value is -2.93. The fourth-order valence-electron chi connectivity index (χ4n) is 4.91. The van der Waals surface area contributed by atoms with Crippen LogP contribution in [0.25, 0.3) is 0 Å². The van der Waals surface area contributed by atoms with Gasteiger partial charge in [0, 0.05) is 5.56 Å². The van der Waals surface area contributed by atoms with Gasteiger partial charge in [0.2, 0.25) is 0 Å². The molecule has 0 saturated carbocycles. The summed E-state index contributed by atoms with van der Waals surface area (Å²) in [5.41, 5.74) is 0.813. The lowest BCUT2D eigenvalue weighted by molar-refractivity contribution is -0.370. The molecule has 2 heterocycles. The second-order valence-corrected chi connectivity index (χ2v) is 8.73. The number of benzene rings is 2. The zero-order valence-electron chi connectivity index (χ0n) is 17.7. The highest BCUT2D eigenvalue weighted by Gasteiger charge is 2.54. The maximum atomic E-state index is 13.4. The number of hydrogen-bond donors (Lipinski definition) is 7. The Kier molecular flexibility index (Phi) is 5.63. The number of hydrogen-bond acceptors (Lipinski definition) is 11. The summed E-state index contributed by atoms with van der Waals surface area (Å²) in [4.78, 5) is 13.4. The normalized spacial score (nSPS) is 34.6. The van der Waals surface area contributed by atoms with E-state index in [0.717, 1.165) is 6.07 Å². The van der Waals surface area contributed by atoms with Crippen molar-refractivity contribution in [3.63, 3.8) is 0 Å². The Labute approximate surface area is 193 Å². The molecular formula is C23H24O11. The molecular weight excluding hydrogens is 452 g/mol. The van der Waals surface area contributed by atoms with Gasteiger partial charge in [-0.1, -0.05) is 0 Å². The average molecular weight is 476 g/mol. The minimum atomic E-state index is -1.43. The fraction of sp³-hybridized carbons (Fsp3) is 0.435. The third-order valence-corrected chi connectivity index (χ3v) is 6.68. The van der Waals surface area contributed by atoms with Gasteiger partial charge in [0.15, 0.2) is 35.1 Å². The molecule has 7 N–H and O–H groups in total. The first kappa shape index (κ1) is 22.8. The molecule has 0 bridgehead atoms. The zero-order chi connectivity index (χ0) is 24.3. The summed E-state index contributed by atoms with van der Waals surface area (Å²) in [5.74, 6) is -3.04. The van der Waals surface area contributed by atoms with Crippen LogP contribution in [0.4, 0.5) is 0 Å². The predicted molar refractivity (Wildman–Crippen MR) is 111 cm³/mol. The van der Waals surface area contributed by atoms with Gasteiger partial charge in [-0.2, -0.15) is 0 Å². The summed E-state index contributed by atoms with van der Waals surface area (Å²) >= 11 is 0. The number of carbonyl (C=O) groups excluding carboxylic acids is 1. The third-order valence-electron chi connectivity index (χ3n) is 6.68. The first-order chi connectivity index (χ1) is 16.2. The van der Waals surface area contributed by atoms with Crippen LogP contribution < -0.4 is 0 Å². The van der Waals surface area contributed by atoms with Crippen molar-refractivity contribution in [2.24, 2.45) is 0 Å². The minimum absolute atomic E-state index is 0.0668. The molecule has 0 amide bonds. The summed E-state index contributed by atoms with van der Waals surface area (Å²) in [7, 11) is 0. The van der Waals surface area contributed by atoms with Crippen LogP contribution in [0.1, 0.15) is 39.9 Å². The zero-order valence-corrected chi connectivity index (χ0v) is 17.7. The molecule has 8 atom stereocenters. The van der Waals surface area contributed by atoms with Crippen molar-refractivity contribution in [3.8, 4) is 23.0 Å². The van der Waals surface area contributed by atoms with Crippen LogP contribution in [0.2, 0.25) is 0 Å². The lowest BCUT2D eigenvalue weighted by Crippen LogP contribution is -2.64. The highest BCUT2D eigenvalue weighted by atomic mass is 16.7. The Balaban J connectivity index is 1.53. The largest absolute Gasteiger partial charge is 0.504 e. The number of Topliss-reactive ketones (excluding diaryl/α,β-unsaturated/α-hetero) is 1. The SMILES string of the molecule is O=C(c1ccc(O)c(O)c1)C1CC2OC3OC(CO)C(O)C(O)C3OC2c2cc(O)c(O)cc21. The molecule has 0 spiro atoms. The molecule has 5 rings (SSSR count). The number of rotatable bonds is 3. The summed E-state index contributed by atoms with van der Waals surface area (Å²) in [6.45, 7) is -0.555. The van der Waals surface area contributed by atoms with Gasteiger partial charge in [-0.25, -0.2) is 0 Å². The molecule has 2 aromatic rings. The maximum absolute atomic E-state index is 13.4. The first-order valence-electron chi connectivity index (χ1n) is 10.7. The number of phenolic OH excluding ortho intramolecular Hbond substituents is 4. The third kappa shape index (κ3) is 3.57. The lowest BCUT2D eigenvalue weighted by atomic mass is 9.75. The molecule has 3 aliphatic rings. The molecule has 2 aliphatic heterocycles. The van der Waals surface area contributed by atoms with Crippen molar-refractivity contribution in [3.05, 3.63) is 47.0 Å². The molecule has 1 aliphatic carbocycles. The number of phenols is 4. The number of fused-ring (bicyclic) bond motifs is 4. The molecule has 2 fully saturated rings. The van der Waals surface area contributed by atoms with Gasteiger partial charge >= 0.3 is 0 Å². The van der Waals surface area contributed by atoms with E-state index in [-0.39, 0.29) is 17.7 Å². The van der Waals surface area contributed by atoms with Crippen molar-refractivity contribution >= 4 is 5.78 Å². The molecule has 11 nitrogen and oxygen atoms in total. The van der Waals surface area contributed by atoms with Crippen molar-refractivity contribution in [2.75, 3.05) is 6.61 Å². The molecule has 0 aromatic heterocycles. The van der Waals surface area contributed by atoms with E-state index in [2.05, 4.69) is 0 Å². The van der Waals surface area contributed by atoms with E-state index in [0.29, 0.717) is 11.1 Å². The van der Waals surface area contributed by atoms with Crippen LogP contribution in [0.5, 0.6) is 23.0 Å². The fourth-order valence-corrected chi connectivity index (χ4v) is 4.91. The number of ether oxygens (including phenoxy) is 3. The number of carbonyl (C=O) groups is 1. The van der Waals surface area contributed by atoms with E-state index < -0.39 is 78.5 Å². The first-order valence-corrected chi connectivity index (χ1v) is 10.7. The molecule has 8 unspecified atom stereocenters. The highest BCUT2D eigenvalue weighted by molar-refractivity contribution is 6.02. The summed E-state index contributed by atoms with van der Waals surface area (Å²) in [6.07, 6.45) is -7.75. The van der Waals surface area contributed by atoms with Gasteiger partial charge in [-0.15, -0.1) is 0 Å². The van der Waals surface area contributed by atoms with Gasteiger partial charge in [0.1, 0.15) is 30.5 Å². The van der Waals surface area contributed by atoms with Gasteiger partial charge in [-0.05, 0) is 47.9 Å². The molecule has 11 heteroatoms. The van der Waals surface area contributed by atoms with E-state index in [1.54, 1.807) is 0 Å². The van der Waals surface area contributed by atoms with Gasteiger partial charge in [-0.3, -0.25) is 4.79 Å². The van der Waals surface area contributed by atoms with Crippen LogP contribution >= 0.6 is 0 Å². The number of aliphatic hydroxyl groups excluding tert-OH is 3. The number of aliphatic hydroxyl groups is 3. The average Bonchev–Trinajstić information content (AvgIpc) is 2.82. The molecule has 2 aromatic carbocycles. The van der Waals surface area contributed by atoms with Gasteiger partial charge in [0.05, 0.1) is 18.6 Å². The summed E-state index contributed by atoms with van der Waals surface area (Å²) in [6, 6.07) is 6.18. The number of ketones is 1. The molecule has 0 radical (unpaired) electrons. The molecule has 34 heavy (non-hydrogen) atoms. The quantitative estimate of drug-likeness (QED) is 0.236. The summed E-state index contributed by atoms with van der Waals surface area (Å²) < 4.78 is 17.6. The monoisotopic (exact) mass is 476 g/mol. The second-order valence-electron chi connectivity index (χ2n) is 8.73.